The molecule has 1 amide bonds. The first-order chi connectivity index (χ1) is 9.34. The molecule has 0 saturated carbocycles. The van der Waals surface area contributed by atoms with Crippen molar-refractivity contribution < 1.29 is 9.53 Å². The zero-order valence-electron chi connectivity index (χ0n) is 10.4. The van der Waals surface area contributed by atoms with Crippen LogP contribution in [0.25, 0.3) is 5.69 Å². The van der Waals surface area contributed by atoms with E-state index < -0.39 is 0 Å². The Morgan fingerprint density at radius 1 is 1.16 bits per heavy atom. The normalized spacial score (nSPS) is 15.5. The molecule has 6 heteroatoms. The van der Waals surface area contributed by atoms with Gasteiger partial charge in [-0.15, -0.1) is 0 Å². The van der Waals surface area contributed by atoms with Gasteiger partial charge in [0.2, 0.25) is 0 Å². The molecule has 0 atom stereocenters. The highest BCUT2D eigenvalue weighted by atomic mass is 16.5. The first-order valence-corrected chi connectivity index (χ1v) is 6.17. The van der Waals surface area contributed by atoms with Crippen LogP contribution in [0, 0.1) is 0 Å². The van der Waals surface area contributed by atoms with Gasteiger partial charge in [0.15, 0.2) is 0 Å². The minimum atomic E-state index is 0.0495. The molecule has 1 aliphatic heterocycles. The number of ether oxygens (including phenoxy) is 1. The van der Waals surface area contributed by atoms with Crippen molar-refractivity contribution in [2.75, 3.05) is 26.3 Å². The smallest absolute Gasteiger partial charge is 0.254 e. The number of hydrogen-bond acceptors (Lipinski definition) is 4. The summed E-state index contributed by atoms with van der Waals surface area (Å²) in [4.78, 5) is 17.9. The molecule has 3 rings (SSSR count). The Bertz CT molecular complexity index is 545. The van der Waals surface area contributed by atoms with E-state index in [-0.39, 0.29) is 5.91 Å². The molecule has 0 unspecified atom stereocenters. The van der Waals surface area contributed by atoms with E-state index >= 15 is 0 Å². The number of carbonyl (C=O) groups excluding carboxylic acids is 1. The predicted molar refractivity (Wildman–Crippen MR) is 68.1 cm³/mol. The second-order valence-electron chi connectivity index (χ2n) is 4.29. The van der Waals surface area contributed by atoms with Crippen LogP contribution in [0.5, 0.6) is 0 Å². The summed E-state index contributed by atoms with van der Waals surface area (Å²) in [5.41, 5.74) is 1.57. The van der Waals surface area contributed by atoms with E-state index in [1.807, 2.05) is 29.2 Å². The molecule has 1 aromatic carbocycles. The summed E-state index contributed by atoms with van der Waals surface area (Å²) in [6.45, 7) is 2.54. The van der Waals surface area contributed by atoms with Crippen molar-refractivity contribution in [3.8, 4) is 5.69 Å². The summed E-state index contributed by atoms with van der Waals surface area (Å²) in [5, 5.41) is 4.04. The molecular weight excluding hydrogens is 244 g/mol. The molecule has 2 aromatic rings. The van der Waals surface area contributed by atoms with Crippen LogP contribution in [0.4, 0.5) is 0 Å². The number of carbonyl (C=O) groups is 1. The van der Waals surface area contributed by atoms with E-state index in [2.05, 4.69) is 10.1 Å². The van der Waals surface area contributed by atoms with Crippen LogP contribution in [0.15, 0.2) is 36.9 Å². The predicted octanol–water partition coefficient (Wildman–Crippen LogP) is 0.740. The Labute approximate surface area is 110 Å². The maximum Gasteiger partial charge on any atom is 0.254 e. The van der Waals surface area contributed by atoms with Crippen molar-refractivity contribution in [1.82, 2.24) is 19.7 Å². The van der Waals surface area contributed by atoms with Crippen molar-refractivity contribution in [3.05, 3.63) is 42.5 Å². The fourth-order valence-electron chi connectivity index (χ4n) is 2.05. The lowest BCUT2D eigenvalue weighted by molar-refractivity contribution is 0.0303. The Hall–Kier alpha value is -2.21. The largest absolute Gasteiger partial charge is 0.378 e. The van der Waals surface area contributed by atoms with Gasteiger partial charge in [0, 0.05) is 18.7 Å². The Balaban J connectivity index is 1.76. The fourth-order valence-corrected chi connectivity index (χ4v) is 2.05. The van der Waals surface area contributed by atoms with Crippen LogP contribution < -0.4 is 0 Å². The van der Waals surface area contributed by atoms with Gasteiger partial charge < -0.3 is 9.64 Å². The van der Waals surface area contributed by atoms with Gasteiger partial charge in [0.25, 0.3) is 5.91 Å². The minimum absolute atomic E-state index is 0.0495. The quantitative estimate of drug-likeness (QED) is 0.797. The van der Waals surface area contributed by atoms with Crippen molar-refractivity contribution >= 4 is 5.91 Å². The Kier molecular flexibility index (Phi) is 3.24. The fraction of sp³-hybridized carbons (Fsp3) is 0.308. The molecule has 2 heterocycles. The molecular formula is C13H14N4O2. The number of amides is 1. The average molecular weight is 258 g/mol. The summed E-state index contributed by atoms with van der Waals surface area (Å²) < 4.78 is 6.90. The van der Waals surface area contributed by atoms with Crippen LogP contribution >= 0.6 is 0 Å². The lowest BCUT2D eigenvalue weighted by Crippen LogP contribution is -2.40. The van der Waals surface area contributed by atoms with Crippen molar-refractivity contribution in [2.45, 2.75) is 0 Å². The highest BCUT2D eigenvalue weighted by Gasteiger charge is 2.18. The summed E-state index contributed by atoms with van der Waals surface area (Å²) in [6.07, 6.45) is 3.10. The maximum atomic E-state index is 12.2. The summed E-state index contributed by atoms with van der Waals surface area (Å²) in [6, 6.07) is 7.36. The monoisotopic (exact) mass is 258 g/mol. The molecule has 98 valence electrons. The Morgan fingerprint density at radius 2 is 1.89 bits per heavy atom. The van der Waals surface area contributed by atoms with Crippen LogP contribution in [0.2, 0.25) is 0 Å². The third-order valence-corrected chi connectivity index (χ3v) is 3.10. The molecule has 6 nitrogen and oxygen atoms in total. The average Bonchev–Trinajstić information content (AvgIpc) is 3.02. The maximum absolute atomic E-state index is 12.2. The van der Waals surface area contributed by atoms with E-state index in [0.717, 1.165) is 5.69 Å². The molecule has 1 saturated heterocycles. The standard InChI is InChI=1S/C13H14N4O2/c18-13(16-5-7-19-8-6-16)11-1-3-12(4-2-11)17-10-14-9-15-17/h1-4,9-10H,5-8H2. The van der Waals surface area contributed by atoms with Gasteiger partial charge >= 0.3 is 0 Å². The van der Waals surface area contributed by atoms with E-state index in [1.54, 1.807) is 11.0 Å². The molecule has 0 bridgehead atoms. The number of nitrogens with zero attached hydrogens (tertiary/aromatic N) is 4. The van der Waals surface area contributed by atoms with E-state index in [4.69, 9.17) is 4.74 Å². The van der Waals surface area contributed by atoms with Crippen LogP contribution in [0.3, 0.4) is 0 Å². The molecule has 1 aromatic heterocycles. The van der Waals surface area contributed by atoms with Crippen molar-refractivity contribution in [2.24, 2.45) is 0 Å². The van der Waals surface area contributed by atoms with Crippen LogP contribution in [0.1, 0.15) is 10.4 Å². The third kappa shape index (κ3) is 2.48. The number of morpholine rings is 1. The van der Waals surface area contributed by atoms with Gasteiger partial charge in [-0.05, 0) is 24.3 Å². The molecule has 0 spiro atoms. The molecule has 1 aliphatic rings. The zero-order valence-corrected chi connectivity index (χ0v) is 10.4. The van der Waals surface area contributed by atoms with Gasteiger partial charge in [-0.1, -0.05) is 0 Å². The van der Waals surface area contributed by atoms with Gasteiger partial charge in [0.1, 0.15) is 12.7 Å². The van der Waals surface area contributed by atoms with Gasteiger partial charge in [0.05, 0.1) is 18.9 Å². The Morgan fingerprint density at radius 3 is 2.53 bits per heavy atom. The van der Waals surface area contributed by atoms with Crippen LogP contribution in [-0.4, -0.2) is 51.9 Å². The second kappa shape index (κ2) is 5.19. The third-order valence-electron chi connectivity index (χ3n) is 3.10. The molecule has 19 heavy (non-hydrogen) atoms. The highest BCUT2D eigenvalue weighted by molar-refractivity contribution is 5.94. The lowest BCUT2D eigenvalue weighted by atomic mass is 10.1. The first kappa shape index (κ1) is 11.9. The first-order valence-electron chi connectivity index (χ1n) is 6.17. The molecule has 0 radical (unpaired) electrons. The topological polar surface area (TPSA) is 60.2 Å². The molecule has 0 aliphatic carbocycles. The number of rotatable bonds is 2. The highest BCUT2D eigenvalue weighted by Crippen LogP contribution is 2.11. The lowest BCUT2D eigenvalue weighted by Gasteiger charge is -2.26. The minimum Gasteiger partial charge on any atom is -0.378 e. The second-order valence-corrected chi connectivity index (χ2v) is 4.29. The molecule has 1 fully saturated rings. The van der Waals surface area contributed by atoms with Crippen molar-refractivity contribution in [1.29, 1.82) is 0 Å². The summed E-state index contributed by atoms with van der Waals surface area (Å²) in [7, 11) is 0. The van der Waals surface area contributed by atoms with Crippen LogP contribution in [-0.2, 0) is 4.74 Å². The number of aromatic nitrogens is 3. The summed E-state index contributed by atoms with van der Waals surface area (Å²) >= 11 is 0. The van der Waals surface area contributed by atoms with Gasteiger partial charge in [-0.25, -0.2) is 9.67 Å². The van der Waals surface area contributed by atoms with Crippen molar-refractivity contribution in [3.63, 3.8) is 0 Å². The SMILES string of the molecule is O=C(c1ccc(-n2cncn2)cc1)N1CCOCC1. The number of benzene rings is 1. The number of hydrogen-bond donors (Lipinski definition) is 0. The zero-order chi connectivity index (χ0) is 13.1. The summed E-state index contributed by atoms with van der Waals surface area (Å²) in [5.74, 6) is 0.0495. The van der Waals surface area contributed by atoms with Gasteiger partial charge in [-0.3, -0.25) is 4.79 Å². The van der Waals surface area contributed by atoms with E-state index in [1.165, 1.54) is 6.33 Å². The van der Waals surface area contributed by atoms with E-state index in [0.29, 0.717) is 31.9 Å². The van der Waals surface area contributed by atoms with E-state index in [9.17, 15) is 4.79 Å². The van der Waals surface area contributed by atoms with Gasteiger partial charge in [-0.2, -0.15) is 5.10 Å². The molecule has 0 N–H and O–H groups in total.